The molecule has 0 bridgehead atoms. The Labute approximate surface area is 100 Å². The van der Waals surface area contributed by atoms with Crippen LogP contribution in [0.1, 0.15) is 36.2 Å². The minimum absolute atomic E-state index is 0.495. The van der Waals surface area contributed by atoms with E-state index in [-0.39, 0.29) is 0 Å². The zero-order valence-corrected chi connectivity index (χ0v) is 10.1. The highest BCUT2D eigenvalue weighted by molar-refractivity contribution is 9.08. The van der Waals surface area contributed by atoms with E-state index in [9.17, 15) is 0 Å². The van der Waals surface area contributed by atoms with Gasteiger partial charge in [-0.3, -0.25) is 0 Å². The van der Waals surface area contributed by atoms with Crippen LogP contribution in [-0.2, 0) is 11.9 Å². The quantitative estimate of drug-likeness (QED) is 0.795. The van der Waals surface area contributed by atoms with Gasteiger partial charge in [-0.05, 0) is 12.8 Å². The van der Waals surface area contributed by atoms with Crippen LogP contribution in [0.15, 0.2) is 10.7 Å². The van der Waals surface area contributed by atoms with Crippen LogP contribution in [-0.4, -0.2) is 25.1 Å². The summed E-state index contributed by atoms with van der Waals surface area (Å²) < 4.78 is 6.87. The molecule has 0 amide bonds. The van der Waals surface area contributed by atoms with Crippen LogP contribution in [0.25, 0.3) is 0 Å². The zero-order valence-electron chi connectivity index (χ0n) is 8.51. The van der Waals surface area contributed by atoms with E-state index in [0.29, 0.717) is 23.6 Å². The molecule has 1 saturated carbocycles. The summed E-state index contributed by atoms with van der Waals surface area (Å²) in [5.74, 6) is 1.92. The molecule has 1 fully saturated rings. The normalized spacial score (nSPS) is 15.6. The molecule has 2 heterocycles. The van der Waals surface area contributed by atoms with Gasteiger partial charge in [-0.25, -0.2) is 4.68 Å². The molecular formula is C9H10BrN5O. The van der Waals surface area contributed by atoms with Crippen LogP contribution in [0.3, 0.4) is 0 Å². The van der Waals surface area contributed by atoms with Crippen molar-refractivity contribution in [3.05, 3.63) is 23.6 Å². The Morgan fingerprint density at radius 3 is 3.06 bits per heavy atom. The number of halogens is 1. The van der Waals surface area contributed by atoms with Gasteiger partial charge in [-0.15, -0.1) is 5.10 Å². The second-order valence-corrected chi connectivity index (χ2v) is 4.42. The predicted molar refractivity (Wildman–Crippen MR) is 58.0 cm³/mol. The molecule has 3 rings (SSSR count). The van der Waals surface area contributed by atoms with Crippen molar-refractivity contribution >= 4 is 15.9 Å². The molecule has 1 aliphatic carbocycles. The van der Waals surface area contributed by atoms with E-state index in [0.717, 1.165) is 11.6 Å². The third-order valence-corrected chi connectivity index (χ3v) is 3.01. The molecule has 0 N–H and O–H groups in total. The topological polar surface area (TPSA) is 69.6 Å². The third kappa shape index (κ3) is 1.99. The average Bonchev–Trinajstić information content (AvgIpc) is 2.88. The number of hydrogen-bond acceptors (Lipinski definition) is 5. The number of rotatable bonds is 4. The van der Waals surface area contributed by atoms with Crippen molar-refractivity contribution in [2.45, 2.75) is 30.6 Å². The molecule has 0 aliphatic heterocycles. The fraction of sp³-hybridized carbons (Fsp3) is 0.556. The fourth-order valence-corrected chi connectivity index (χ4v) is 1.71. The maximum atomic E-state index is 5.16. The molecule has 0 unspecified atom stereocenters. The lowest BCUT2D eigenvalue weighted by molar-refractivity contribution is 0.372. The first-order valence-corrected chi connectivity index (χ1v) is 6.25. The second kappa shape index (κ2) is 3.97. The number of hydrogen-bond donors (Lipinski definition) is 0. The van der Waals surface area contributed by atoms with E-state index in [1.54, 1.807) is 4.68 Å². The van der Waals surface area contributed by atoms with Crippen LogP contribution in [0.4, 0.5) is 0 Å². The maximum absolute atomic E-state index is 5.16. The van der Waals surface area contributed by atoms with E-state index in [4.69, 9.17) is 4.52 Å². The lowest BCUT2D eigenvalue weighted by Gasteiger charge is -1.91. The summed E-state index contributed by atoms with van der Waals surface area (Å²) >= 11 is 3.32. The Balaban J connectivity index is 1.72. The minimum Gasteiger partial charge on any atom is -0.339 e. The van der Waals surface area contributed by atoms with Gasteiger partial charge in [0.2, 0.25) is 5.89 Å². The molecule has 0 saturated heterocycles. The Hall–Kier alpha value is -1.24. The molecule has 2 aromatic rings. The van der Waals surface area contributed by atoms with Crippen LogP contribution in [0.2, 0.25) is 0 Å². The lowest BCUT2D eigenvalue weighted by atomic mass is 10.4. The molecule has 1 aliphatic rings. The summed E-state index contributed by atoms with van der Waals surface area (Å²) in [5, 5.41) is 12.6. The minimum atomic E-state index is 0.495. The second-order valence-electron chi connectivity index (χ2n) is 3.86. The van der Waals surface area contributed by atoms with Crippen molar-refractivity contribution in [2.75, 3.05) is 0 Å². The molecule has 2 aromatic heterocycles. The van der Waals surface area contributed by atoms with E-state index in [2.05, 4.69) is 36.4 Å². The highest BCUT2D eigenvalue weighted by Crippen LogP contribution is 2.38. The van der Waals surface area contributed by atoms with Crippen molar-refractivity contribution in [2.24, 2.45) is 0 Å². The molecule has 0 aromatic carbocycles. The third-order valence-electron chi connectivity index (χ3n) is 2.44. The summed E-state index contributed by atoms with van der Waals surface area (Å²) in [6, 6.07) is 0. The van der Waals surface area contributed by atoms with Crippen LogP contribution in [0, 0.1) is 0 Å². The largest absolute Gasteiger partial charge is 0.339 e. The summed E-state index contributed by atoms with van der Waals surface area (Å²) in [7, 11) is 0. The number of alkyl halides is 1. The Morgan fingerprint density at radius 2 is 2.38 bits per heavy atom. The maximum Gasteiger partial charge on any atom is 0.229 e. The lowest BCUT2D eigenvalue weighted by Crippen LogP contribution is -2.02. The van der Waals surface area contributed by atoms with E-state index >= 15 is 0 Å². The van der Waals surface area contributed by atoms with Gasteiger partial charge >= 0.3 is 0 Å². The standard InChI is InChI=1S/C9H10BrN5O/c10-3-7-4-15(14-12-7)5-8-11-9(16-13-8)6-1-2-6/h4,6H,1-3,5H2. The molecule has 16 heavy (non-hydrogen) atoms. The molecule has 84 valence electrons. The van der Waals surface area contributed by atoms with Crippen molar-refractivity contribution in [1.82, 2.24) is 25.1 Å². The Morgan fingerprint density at radius 1 is 1.50 bits per heavy atom. The summed E-state index contributed by atoms with van der Waals surface area (Å²) in [6.45, 7) is 0.510. The number of nitrogens with zero attached hydrogens (tertiary/aromatic N) is 5. The van der Waals surface area contributed by atoms with Crippen LogP contribution < -0.4 is 0 Å². The Kier molecular flexibility index (Phi) is 2.47. The Bertz CT molecular complexity index is 490. The molecule has 6 nitrogen and oxygen atoms in total. The van der Waals surface area contributed by atoms with Gasteiger partial charge < -0.3 is 4.52 Å². The van der Waals surface area contributed by atoms with Gasteiger partial charge in [0, 0.05) is 17.4 Å². The highest BCUT2D eigenvalue weighted by atomic mass is 79.9. The van der Waals surface area contributed by atoms with Gasteiger partial charge in [0.05, 0.1) is 5.69 Å². The molecule has 7 heteroatoms. The summed E-state index contributed by atoms with van der Waals surface area (Å²) in [4.78, 5) is 4.32. The van der Waals surface area contributed by atoms with Gasteiger partial charge in [0.1, 0.15) is 6.54 Å². The molecule has 0 radical (unpaired) electrons. The molecule has 0 atom stereocenters. The van der Waals surface area contributed by atoms with E-state index in [1.165, 1.54) is 12.8 Å². The number of aromatic nitrogens is 5. The fourth-order valence-electron chi connectivity index (χ4n) is 1.45. The monoisotopic (exact) mass is 283 g/mol. The molecular weight excluding hydrogens is 274 g/mol. The first-order chi connectivity index (χ1) is 7.85. The first kappa shape index (κ1) is 9.95. The van der Waals surface area contributed by atoms with Crippen molar-refractivity contribution in [3.63, 3.8) is 0 Å². The smallest absolute Gasteiger partial charge is 0.229 e. The predicted octanol–water partition coefficient (Wildman–Crippen LogP) is 1.48. The van der Waals surface area contributed by atoms with E-state index in [1.807, 2.05) is 6.20 Å². The van der Waals surface area contributed by atoms with Gasteiger partial charge in [-0.1, -0.05) is 26.3 Å². The van der Waals surface area contributed by atoms with Crippen LogP contribution in [0.5, 0.6) is 0 Å². The highest BCUT2D eigenvalue weighted by Gasteiger charge is 2.29. The zero-order chi connectivity index (χ0) is 11.0. The van der Waals surface area contributed by atoms with Crippen molar-refractivity contribution in [3.8, 4) is 0 Å². The SMILES string of the molecule is BrCc1cn(Cc2noc(C3CC3)n2)nn1. The summed E-state index contributed by atoms with van der Waals surface area (Å²) in [6.07, 6.45) is 4.19. The van der Waals surface area contributed by atoms with Gasteiger partial charge in [0.15, 0.2) is 5.82 Å². The molecule has 0 spiro atoms. The average molecular weight is 284 g/mol. The van der Waals surface area contributed by atoms with Gasteiger partial charge in [-0.2, -0.15) is 4.98 Å². The van der Waals surface area contributed by atoms with Crippen molar-refractivity contribution < 1.29 is 4.52 Å². The van der Waals surface area contributed by atoms with Crippen LogP contribution >= 0.6 is 15.9 Å². The van der Waals surface area contributed by atoms with E-state index < -0.39 is 0 Å². The summed E-state index contributed by atoms with van der Waals surface area (Å²) in [5.41, 5.74) is 0.894. The van der Waals surface area contributed by atoms with Gasteiger partial charge in [0.25, 0.3) is 0 Å². The van der Waals surface area contributed by atoms with Crippen molar-refractivity contribution in [1.29, 1.82) is 0 Å². The first-order valence-electron chi connectivity index (χ1n) is 5.12.